The molecule has 0 aliphatic carbocycles. The minimum atomic E-state index is -0.141. The smallest absolute Gasteiger partial charge is 0.236 e. The maximum absolute atomic E-state index is 13.0. The Labute approximate surface area is 166 Å². The summed E-state index contributed by atoms with van der Waals surface area (Å²) >= 11 is 0. The number of carbonyl (C=O) groups is 2. The van der Waals surface area contributed by atoms with Crippen LogP contribution in [-0.4, -0.2) is 82.0 Å². The van der Waals surface area contributed by atoms with Crippen LogP contribution in [0.4, 0.5) is 0 Å². The lowest BCUT2D eigenvalue weighted by atomic mass is 9.72. The van der Waals surface area contributed by atoms with Crippen LogP contribution in [0.15, 0.2) is 24.5 Å². The average molecular weight is 386 g/mol. The first kappa shape index (κ1) is 19.3. The summed E-state index contributed by atoms with van der Waals surface area (Å²) in [4.78, 5) is 35.5. The molecule has 1 aromatic heterocycles. The number of pyridine rings is 1. The van der Waals surface area contributed by atoms with Crippen molar-refractivity contribution >= 4 is 11.8 Å². The summed E-state index contributed by atoms with van der Waals surface area (Å²) in [7, 11) is 1.95. The van der Waals surface area contributed by atoms with Crippen molar-refractivity contribution in [2.75, 3.05) is 33.3 Å². The SMILES string of the molecule is CN(CC(=O)N1C[C@H]2C[C@@H](C1)[C@H](CO)N1C(=O)CCC[C@@H]21)Cc1cccnc1. The van der Waals surface area contributed by atoms with Gasteiger partial charge in [0.1, 0.15) is 0 Å². The second-order valence-electron chi connectivity index (χ2n) is 8.60. The lowest BCUT2D eigenvalue weighted by molar-refractivity contribution is -0.159. The first-order valence-electron chi connectivity index (χ1n) is 10.3. The highest BCUT2D eigenvalue weighted by Crippen LogP contribution is 2.41. The van der Waals surface area contributed by atoms with Gasteiger partial charge in [-0.1, -0.05) is 6.07 Å². The van der Waals surface area contributed by atoms with E-state index in [1.807, 2.05) is 40.1 Å². The van der Waals surface area contributed by atoms with Gasteiger partial charge in [-0.25, -0.2) is 0 Å². The van der Waals surface area contributed by atoms with Gasteiger partial charge >= 0.3 is 0 Å². The Morgan fingerprint density at radius 1 is 1.36 bits per heavy atom. The zero-order valence-corrected chi connectivity index (χ0v) is 16.5. The third-order valence-corrected chi connectivity index (χ3v) is 6.62. The molecule has 1 N–H and O–H groups in total. The Kier molecular flexibility index (Phi) is 5.64. The van der Waals surface area contributed by atoms with E-state index >= 15 is 0 Å². The minimum absolute atomic E-state index is 0.0113. The standard InChI is InChI=1S/C21H30N4O3/c1-23(10-15-4-3-7-22-9-15)13-21(28)24-11-16-8-17(12-24)19(14-26)25-18(16)5-2-6-20(25)27/h3-4,7,9,16-19,26H,2,5-6,8,10-14H2,1H3/t16-,17+,18+,19+/m1/s1. The van der Waals surface area contributed by atoms with Crippen molar-refractivity contribution in [1.29, 1.82) is 0 Å². The van der Waals surface area contributed by atoms with E-state index in [1.165, 1.54) is 0 Å². The Balaban J connectivity index is 1.41. The second-order valence-corrected chi connectivity index (χ2v) is 8.60. The maximum Gasteiger partial charge on any atom is 0.236 e. The summed E-state index contributed by atoms with van der Waals surface area (Å²) in [6.45, 7) is 2.40. The molecule has 0 aromatic carbocycles. The molecule has 152 valence electrons. The van der Waals surface area contributed by atoms with E-state index in [1.54, 1.807) is 6.20 Å². The zero-order valence-electron chi connectivity index (χ0n) is 16.5. The van der Waals surface area contributed by atoms with Crippen LogP contribution in [-0.2, 0) is 16.1 Å². The van der Waals surface area contributed by atoms with Crippen LogP contribution in [0.3, 0.4) is 0 Å². The molecule has 3 saturated heterocycles. The molecule has 4 atom stereocenters. The zero-order chi connectivity index (χ0) is 19.7. The van der Waals surface area contributed by atoms with Crippen LogP contribution in [0.2, 0.25) is 0 Å². The number of aromatic nitrogens is 1. The van der Waals surface area contributed by atoms with E-state index in [0.717, 1.165) is 31.4 Å². The number of amides is 2. The predicted molar refractivity (Wildman–Crippen MR) is 104 cm³/mol. The van der Waals surface area contributed by atoms with Gasteiger partial charge in [0.15, 0.2) is 0 Å². The molecule has 7 heteroatoms. The topological polar surface area (TPSA) is 77.0 Å². The van der Waals surface area contributed by atoms with Crippen molar-refractivity contribution in [3.63, 3.8) is 0 Å². The van der Waals surface area contributed by atoms with Crippen molar-refractivity contribution in [1.82, 2.24) is 19.7 Å². The van der Waals surface area contributed by atoms with E-state index in [-0.39, 0.29) is 36.4 Å². The molecule has 7 nitrogen and oxygen atoms in total. The highest BCUT2D eigenvalue weighted by Gasteiger charge is 2.49. The van der Waals surface area contributed by atoms with Gasteiger partial charge in [0.2, 0.25) is 11.8 Å². The van der Waals surface area contributed by atoms with E-state index in [4.69, 9.17) is 0 Å². The summed E-state index contributed by atoms with van der Waals surface area (Å²) in [5.41, 5.74) is 1.09. The number of hydrogen-bond acceptors (Lipinski definition) is 5. The van der Waals surface area contributed by atoms with Crippen LogP contribution < -0.4 is 0 Å². The van der Waals surface area contributed by atoms with Gasteiger partial charge < -0.3 is 14.9 Å². The van der Waals surface area contributed by atoms with E-state index in [0.29, 0.717) is 32.0 Å². The monoisotopic (exact) mass is 386 g/mol. The van der Waals surface area contributed by atoms with Crippen LogP contribution in [0.1, 0.15) is 31.2 Å². The van der Waals surface area contributed by atoms with Gasteiger partial charge in [0, 0.05) is 44.5 Å². The second kappa shape index (κ2) is 8.17. The van der Waals surface area contributed by atoms with Crippen LogP contribution in [0.25, 0.3) is 0 Å². The summed E-state index contributed by atoms with van der Waals surface area (Å²) < 4.78 is 0. The summed E-state index contributed by atoms with van der Waals surface area (Å²) in [5, 5.41) is 9.98. The molecule has 0 saturated carbocycles. The largest absolute Gasteiger partial charge is 0.394 e. The number of aliphatic hydroxyl groups excluding tert-OH is 1. The fraction of sp³-hybridized carbons (Fsp3) is 0.667. The third-order valence-electron chi connectivity index (χ3n) is 6.62. The van der Waals surface area contributed by atoms with Crippen molar-refractivity contribution in [2.45, 2.75) is 44.3 Å². The highest BCUT2D eigenvalue weighted by atomic mass is 16.3. The van der Waals surface area contributed by atoms with Gasteiger partial charge in [-0.2, -0.15) is 0 Å². The number of fused-ring (bicyclic) bond motifs is 4. The van der Waals surface area contributed by atoms with Crippen molar-refractivity contribution < 1.29 is 14.7 Å². The number of likely N-dealkylation sites (N-methyl/N-ethyl adjacent to an activating group) is 1. The van der Waals surface area contributed by atoms with Gasteiger partial charge in [0.25, 0.3) is 0 Å². The quantitative estimate of drug-likeness (QED) is 0.808. The first-order chi connectivity index (χ1) is 13.6. The molecule has 3 aliphatic rings. The molecule has 2 amide bonds. The number of aliphatic hydroxyl groups is 1. The third kappa shape index (κ3) is 3.78. The Morgan fingerprint density at radius 2 is 2.18 bits per heavy atom. The lowest BCUT2D eigenvalue weighted by Crippen LogP contribution is -2.66. The number of likely N-dealkylation sites (tertiary alicyclic amines) is 1. The summed E-state index contributed by atoms with van der Waals surface area (Å²) in [5.74, 6) is 0.822. The highest BCUT2D eigenvalue weighted by molar-refractivity contribution is 5.79. The fourth-order valence-electron chi connectivity index (χ4n) is 5.40. The molecular formula is C21H30N4O3. The van der Waals surface area contributed by atoms with E-state index < -0.39 is 0 Å². The molecular weight excluding hydrogens is 356 g/mol. The fourth-order valence-corrected chi connectivity index (χ4v) is 5.40. The van der Waals surface area contributed by atoms with Crippen molar-refractivity contribution in [3.05, 3.63) is 30.1 Å². The van der Waals surface area contributed by atoms with Gasteiger partial charge in [-0.05, 0) is 49.8 Å². The Morgan fingerprint density at radius 3 is 2.93 bits per heavy atom. The normalized spacial score (nSPS) is 29.8. The molecule has 0 spiro atoms. The Hall–Kier alpha value is -1.99. The minimum Gasteiger partial charge on any atom is -0.394 e. The maximum atomic E-state index is 13.0. The van der Waals surface area contributed by atoms with E-state index in [9.17, 15) is 14.7 Å². The molecule has 2 bridgehead atoms. The van der Waals surface area contributed by atoms with Crippen molar-refractivity contribution in [2.24, 2.45) is 11.8 Å². The predicted octanol–water partition coefficient (Wildman–Crippen LogP) is 0.734. The molecule has 0 unspecified atom stereocenters. The molecule has 3 fully saturated rings. The number of rotatable bonds is 5. The molecule has 0 radical (unpaired) electrons. The van der Waals surface area contributed by atoms with Crippen molar-refractivity contribution in [3.8, 4) is 0 Å². The Bertz CT molecular complexity index is 699. The number of nitrogens with zero attached hydrogens (tertiary/aromatic N) is 4. The molecule has 1 aromatic rings. The van der Waals surface area contributed by atoms with Crippen LogP contribution in [0, 0.1) is 11.8 Å². The van der Waals surface area contributed by atoms with Crippen LogP contribution >= 0.6 is 0 Å². The summed E-state index contributed by atoms with van der Waals surface area (Å²) in [6, 6.07) is 3.96. The van der Waals surface area contributed by atoms with Crippen LogP contribution in [0.5, 0.6) is 0 Å². The number of carbonyl (C=O) groups excluding carboxylic acids is 2. The first-order valence-corrected chi connectivity index (χ1v) is 10.3. The van der Waals surface area contributed by atoms with Gasteiger partial charge in [0.05, 0.1) is 19.2 Å². The summed E-state index contributed by atoms with van der Waals surface area (Å²) in [6.07, 6.45) is 7.08. The molecule has 3 aliphatic heterocycles. The number of piperidine rings is 3. The molecule has 4 heterocycles. The van der Waals surface area contributed by atoms with Gasteiger partial charge in [-0.3, -0.25) is 19.5 Å². The number of hydrogen-bond donors (Lipinski definition) is 1. The van der Waals surface area contributed by atoms with Gasteiger partial charge in [-0.15, -0.1) is 0 Å². The van der Waals surface area contributed by atoms with E-state index in [2.05, 4.69) is 4.98 Å². The molecule has 28 heavy (non-hydrogen) atoms. The molecule has 4 rings (SSSR count). The average Bonchev–Trinajstić information content (AvgIpc) is 2.69. The lowest BCUT2D eigenvalue weighted by Gasteiger charge is -2.56.